The van der Waals surface area contributed by atoms with Gasteiger partial charge in [-0.05, 0) is 54.6 Å². The Kier molecular flexibility index (Phi) is 3.71. The predicted octanol–water partition coefficient (Wildman–Crippen LogP) is 9.81. The molecule has 0 amide bonds. The van der Waals surface area contributed by atoms with Crippen molar-refractivity contribution in [3.8, 4) is 5.69 Å². The number of halogens is 1. The van der Waals surface area contributed by atoms with Gasteiger partial charge in [0.2, 0.25) is 0 Å². The highest BCUT2D eigenvalue weighted by Crippen LogP contribution is 2.44. The lowest BCUT2D eigenvalue weighted by atomic mass is 10.1. The first-order chi connectivity index (χ1) is 16.8. The molecular weight excluding hydrogens is 502 g/mol. The highest BCUT2D eigenvalue weighted by Gasteiger charge is 2.18. The fraction of sp³-hybridized carbons (Fsp3) is 0. The van der Waals surface area contributed by atoms with Gasteiger partial charge in [0.05, 0.1) is 11.0 Å². The SMILES string of the molecule is Brc1cccc2oc3ccc(-n4c5ccccc5c5c6c(ccc54)sc4ccccc46)cc3c12. The molecule has 0 unspecified atom stereocenters. The second kappa shape index (κ2) is 6.72. The van der Waals surface area contributed by atoms with Crippen molar-refractivity contribution in [2.75, 3.05) is 0 Å². The van der Waals surface area contributed by atoms with Crippen LogP contribution in [0.15, 0.2) is 106 Å². The van der Waals surface area contributed by atoms with E-state index >= 15 is 0 Å². The van der Waals surface area contributed by atoms with Crippen molar-refractivity contribution in [2.45, 2.75) is 0 Å². The largest absolute Gasteiger partial charge is 0.456 e. The molecule has 34 heavy (non-hydrogen) atoms. The lowest BCUT2D eigenvalue weighted by Gasteiger charge is -2.08. The zero-order chi connectivity index (χ0) is 22.4. The van der Waals surface area contributed by atoms with Gasteiger partial charge in [-0.25, -0.2) is 0 Å². The Morgan fingerprint density at radius 1 is 0.588 bits per heavy atom. The van der Waals surface area contributed by atoms with Crippen molar-refractivity contribution in [3.05, 3.63) is 102 Å². The molecule has 0 saturated carbocycles. The normalized spacial score (nSPS) is 12.3. The van der Waals surface area contributed by atoms with E-state index in [9.17, 15) is 0 Å². The first kappa shape index (κ1) is 18.8. The van der Waals surface area contributed by atoms with Crippen molar-refractivity contribution >= 4 is 91.2 Å². The van der Waals surface area contributed by atoms with E-state index in [4.69, 9.17) is 4.42 Å². The van der Waals surface area contributed by atoms with Crippen molar-refractivity contribution in [3.63, 3.8) is 0 Å². The fourth-order valence-electron chi connectivity index (χ4n) is 5.46. The Labute approximate surface area is 206 Å². The Morgan fingerprint density at radius 2 is 1.44 bits per heavy atom. The number of hydrogen-bond acceptors (Lipinski definition) is 2. The van der Waals surface area contributed by atoms with Gasteiger partial charge in [0.25, 0.3) is 0 Å². The van der Waals surface area contributed by atoms with Crippen LogP contribution in [0.4, 0.5) is 0 Å². The van der Waals surface area contributed by atoms with Gasteiger partial charge in [0.1, 0.15) is 11.2 Å². The van der Waals surface area contributed by atoms with E-state index in [0.717, 1.165) is 32.1 Å². The molecule has 0 aliphatic rings. The molecule has 0 N–H and O–H groups in total. The molecule has 0 spiro atoms. The summed E-state index contributed by atoms with van der Waals surface area (Å²) in [4.78, 5) is 0. The highest BCUT2D eigenvalue weighted by atomic mass is 79.9. The minimum absolute atomic E-state index is 0.898. The van der Waals surface area contributed by atoms with E-state index < -0.39 is 0 Å². The van der Waals surface area contributed by atoms with E-state index in [-0.39, 0.29) is 0 Å². The van der Waals surface area contributed by atoms with Crippen molar-refractivity contribution in [1.82, 2.24) is 4.57 Å². The minimum Gasteiger partial charge on any atom is -0.456 e. The first-order valence-corrected chi connectivity index (χ1v) is 12.8. The van der Waals surface area contributed by atoms with Crippen LogP contribution in [0.2, 0.25) is 0 Å². The number of thiophene rings is 1. The Hall–Kier alpha value is -3.60. The van der Waals surface area contributed by atoms with E-state index in [1.54, 1.807) is 0 Å². The number of fused-ring (bicyclic) bond motifs is 10. The number of nitrogens with zero attached hydrogens (tertiary/aromatic N) is 1. The Bertz CT molecular complexity index is 2090. The van der Waals surface area contributed by atoms with E-state index in [1.165, 1.54) is 42.0 Å². The van der Waals surface area contributed by atoms with Crippen LogP contribution in [0.1, 0.15) is 0 Å². The molecule has 8 aromatic rings. The summed E-state index contributed by atoms with van der Waals surface area (Å²) in [5.41, 5.74) is 5.37. The Balaban J connectivity index is 1.55. The summed E-state index contributed by atoms with van der Waals surface area (Å²) < 4.78 is 12.2. The standard InChI is InChI=1S/C30H16BrNOS/c31-21-8-5-10-25-28(21)20-16-17(12-14-24(20)33-25)32-22-9-3-1-6-18(22)29-23(32)13-15-27-30(29)19-7-2-4-11-26(19)34-27/h1-16H. The van der Waals surface area contributed by atoms with Gasteiger partial charge in [-0.2, -0.15) is 0 Å². The van der Waals surface area contributed by atoms with E-state index in [1.807, 2.05) is 23.5 Å². The maximum Gasteiger partial charge on any atom is 0.136 e. The van der Waals surface area contributed by atoms with Crippen molar-refractivity contribution in [1.29, 1.82) is 0 Å². The van der Waals surface area contributed by atoms with Gasteiger partial charge in [0.15, 0.2) is 0 Å². The number of aromatic nitrogens is 1. The maximum atomic E-state index is 6.14. The molecule has 0 saturated heterocycles. The number of hydrogen-bond donors (Lipinski definition) is 0. The third-order valence-corrected chi connectivity index (χ3v) is 8.66. The van der Waals surface area contributed by atoms with Crippen LogP contribution >= 0.6 is 27.3 Å². The van der Waals surface area contributed by atoms with Crippen LogP contribution < -0.4 is 0 Å². The third-order valence-electron chi connectivity index (χ3n) is 6.86. The molecular formula is C30H16BrNOS. The minimum atomic E-state index is 0.898. The molecule has 3 heterocycles. The van der Waals surface area contributed by atoms with Gasteiger partial charge < -0.3 is 8.98 Å². The number of para-hydroxylation sites is 1. The zero-order valence-electron chi connectivity index (χ0n) is 17.9. The molecule has 0 radical (unpaired) electrons. The molecule has 0 atom stereocenters. The lowest BCUT2D eigenvalue weighted by Crippen LogP contribution is -1.93. The molecule has 0 fully saturated rings. The molecule has 4 heteroatoms. The molecule has 0 bridgehead atoms. The fourth-order valence-corrected chi connectivity index (χ4v) is 7.14. The van der Waals surface area contributed by atoms with Crippen LogP contribution in [0.5, 0.6) is 0 Å². The predicted molar refractivity (Wildman–Crippen MR) is 149 cm³/mol. The van der Waals surface area contributed by atoms with Crippen LogP contribution in [0.25, 0.3) is 69.6 Å². The van der Waals surface area contributed by atoms with Crippen LogP contribution in [-0.2, 0) is 0 Å². The molecule has 5 aromatic carbocycles. The molecule has 2 nitrogen and oxygen atoms in total. The summed E-state index contributed by atoms with van der Waals surface area (Å²) in [6.07, 6.45) is 0. The average Bonchev–Trinajstić information content (AvgIpc) is 3.53. The van der Waals surface area contributed by atoms with Gasteiger partial charge in [-0.3, -0.25) is 0 Å². The third kappa shape index (κ3) is 2.39. The highest BCUT2D eigenvalue weighted by molar-refractivity contribution is 9.10. The van der Waals surface area contributed by atoms with E-state index in [0.29, 0.717) is 0 Å². The summed E-state index contributed by atoms with van der Waals surface area (Å²) in [5.74, 6) is 0. The zero-order valence-corrected chi connectivity index (χ0v) is 20.3. The quantitative estimate of drug-likeness (QED) is 0.212. The second-order valence-corrected chi connectivity index (χ2v) is 10.6. The smallest absolute Gasteiger partial charge is 0.136 e. The molecule has 160 valence electrons. The molecule has 8 rings (SSSR count). The average molecular weight is 518 g/mol. The van der Waals surface area contributed by atoms with Gasteiger partial charge in [-0.1, -0.05) is 58.4 Å². The number of benzene rings is 5. The van der Waals surface area contributed by atoms with Gasteiger partial charge >= 0.3 is 0 Å². The summed E-state index contributed by atoms with van der Waals surface area (Å²) in [6.45, 7) is 0. The Morgan fingerprint density at radius 3 is 2.38 bits per heavy atom. The van der Waals surface area contributed by atoms with E-state index in [2.05, 4.69) is 105 Å². The van der Waals surface area contributed by atoms with Gasteiger partial charge in [-0.15, -0.1) is 11.3 Å². The summed E-state index contributed by atoms with van der Waals surface area (Å²) in [5, 5.41) is 7.52. The van der Waals surface area contributed by atoms with Crippen molar-refractivity contribution < 1.29 is 4.42 Å². The topological polar surface area (TPSA) is 18.1 Å². The maximum absolute atomic E-state index is 6.14. The van der Waals surface area contributed by atoms with Crippen LogP contribution in [0.3, 0.4) is 0 Å². The summed E-state index contributed by atoms with van der Waals surface area (Å²) in [7, 11) is 0. The monoisotopic (exact) mass is 517 g/mol. The summed E-state index contributed by atoms with van der Waals surface area (Å²) >= 11 is 5.60. The second-order valence-electron chi connectivity index (χ2n) is 8.68. The van der Waals surface area contributed by atoms with Gasteiger partial charge in [0, 0.05) is 51.9 Å². The molecule has 0 aliphatic heterocycles. The summed E-state index contributed by atoms with van der Waals surface area (Å²) in [6, 6.07) is 34.7. The molecule has 0 aliphatic carbocycles. The lowest BCUT2D eigenvalue weighted by molar-refractivity contribution is 0.669. The number of furan rings is 1. The number of rotatable bonds is 1. The van der Waals surface area contributed by atoms with Crippen LogP contribution in [0, 0.1) is 0 Å². The van der Waals surface area contributed by atoms with Crippen LogP contribution in [-0.4, -0.2) is 4.57 Å². The first-order valence-electron chi connectivity index (χ1n) is 11.2. The van der Waals surface area contributed by atoms with Crippen molar-refractivity contribution in [2.24, 2.45) is 0 Å². The molecule has 3 aromatic heterocycles.